The monoisotopic (exact) mass is 318 g/mol. The van der Waals surface area contributed by atoms with Crippen molar-refractivity contribution in [3.05, 3.63) is 70.7 Å². The van der Waals surface area contributed by atoms with E-state index in [4.69, 9.17) is 16.7 Å². The number of hydrogen-bond donors (Lipinski definition) is 2. The number of aliphatic carboxylic acids is 2. The van der Waals surface area contributed by atoms with Crippen LogP contribution in [-0.2, 0) is 9.59 Å². The summed E-state index contributed by atoms with van der Waals surface area (Å²) in [6.07, 6.45) is -0.270. The Balaban J connectivity index is 2.47. The normalized spacial score (nSPS) is 13.3. The molecule has 4 nitrogen and oxygen atoms in total. The molecule has 0 amide bonds. The highest BCUT2D eigenvalue weighted by Gasteiger charge is 2.32. The SMILES string of the molecule is O=C(O)CC(c1ccc(Cl)cc1)C(C(=O)O)c1ccccc1. The van der Waals surface area contributed by atoms with Crippen LogP contribution >= 0.6 is 11.6 Å². The van der Waals surface area contributed by atoms with Crippen LogP contribution in [0, 0.1) is 0 Å². The van der Waals surface area contributed by atoms with Gasteiger partial charge < -0.3 is 10.2 Å². The zero-order chi connectivity index (χ0) is 16.1. The highest BCUT2D eigenvalue weighted by molar-refractivity contribution is 6.30. The average molecular weight is 319 g/mol. The smallest absolute Gasteiger partial charge is 0.311 e. The minimum Gasteiger partial charge on any atom is -0.481 e. The van der Waals surface area contributed by atoms with Crippen LogP contribution in [0.4, 0.5) is 0 Å². The van der Waals surface area contributed by atoms with Crippen LogP contribution in [0.5, 0.6) is 0 Å². The minimum atomic E-state index is -1.05. The number of benzene rings is 2. The van der Waals surface area contributed by atoms with Gasteiger partial charge in [0, 0.05) is 10.9 Å². The lowest BCUT2D eigenvalue weighted by atomic mass is 9.79. The van der Waals surface area contributed by atoms with E-state index >= 15 is 0 Å². The third-order valence-corrected chi connectivity index (χ3v) is 3.77. The zero-order valence-corrected chi connectivity index (χ0v) is 12.4. The van der Waals surface area contributed by atoms with E-state index in [1.807, 2.05) is 0 Å². The fraction of sp³-hybridized carbons (Fsp3) is 0.176. The van der Waals surface area contributed by atoms with Gasteiger partial charge in [0.2, 0.25) is 0 Å². The van der Waals surface area contributed by atoms with E-state index in [0.29, 0.717) is 16.1 Å². The Morgan fingerprint density at radius 3 is 2.00 bits per heavy atom. The van der Waals surface area contributed by atoms with Gasteiger partial charge in [-0.3, -0.25) is 9.59 Å². The van der Waals surface area contributed by atoms with Gasteiger partial charge in [0.25, 0.3) is 0 Å². The summed E-state index contributed by atoms with van der Waals surface area (Å²) < 4.78 is 0. The van der Waals surface area contributed by atoms with Crippen molar-refractivity contribution in [1.82, 2.24) is 0 Å². The first-order valence-electron chi connectivity index (χ1n) is 6.74. The Labute approximate surface area is 133 Å². The van der Waals surface area contributed by atoms with Crippen LogP contribution in [0.1, 0.15) is 29.4 Å². The van der Waals surface area contributed by atoms with E-state index in [2.05, 4.69) is 0 Å². The lowest BCUT2D eigenvalue weighted by molar-refractivity contribution is -0.140. The summed E-state index contributed by atoms with van der Waals surface area (Å²) in [7, 11) is 0. The summed E-state index contributed by atoms with van der Waals surface area (Å²) in [5, 5.41) is 19.3. The summed E-state index contributed by atoms with van der Waals surface area (Å²) in [6, 6.07) is 15.3. The zero-order valence-electron chi connectivity index (χ0n) is 11.6. The summed E-state index contributed by atoms with van der Waals surface area (Å²) in [6.45, 7) is 0. The molecule has 2 aromatic carbocycles. The molecule has 2 atom stereocenters. The molecule has 0 fully saturated rings. The molecule has 0 aromatic heterocycles. The van der Waals surface area contributed by atoms with Crippen molar-refractivity contribution < 1.29 is 19.8 Å². The van der Waals surface area contributed by atoms with E-state index in [0.717, 1.165) is 0 Å². The Hall–Kier alpha value is -2.33. The quantitative estimate of drug-likeness (QED) is 0.850. The number of carboxylic acid groups (broad SMARTS) is 2. The molecule has 0 heterocycles. The first-order chi connectivity index (χ1) is 10.5. The molecule has 2 unspecified atom stereocenters. The second-order valence-corrected chi connectivity index (χ2v) is 5.42. The Morgan fingerprint density at radius 1 is 0.909 bits per heavy atom. The fourth-order valence-electron chi connectivity index (χ4n) is 2.53. The number of halogens is 1. The topological polar surface area (TPSA) is 74.6 Å². The number of carboxylic acids is 2. The molecule has 0 saturated heterocycles. The lowest BCUT2D eigenvalue weighted by Crippen LogP contribution is -2.22. The van der Waals surface area contributed by atoms with Crippen molar-refractivity contribution in [2.45, 2.75) is 18.3 Å². The molecular formula is C17H15ClO4. The molecule has 0 aliphatic rings. The van der Waals surface area contributed by atoms with Crippen molar-refractivity contribution in [2.75, 3.05) is 0 Å². The van der Waals surface area contributed by atoms with Gasteiger partial charge >= 0.3 is 11.9 Å². The molecule has 2 rings (SSSR count). The predicted octanol–water partition coefficient (Wildman–Crippen LogP) is 3.77. The maximum atomic E-state index is 11.7. The molecule has 0 aliphatic carbocycles. The average Bonchev–Trinajstić information content (AvgIpc) is 2.48. The molecule has 0 bridgehead atoms. The van der Waals surface area contributed by atoms with Crippen molar-refractivity contribution >= 4 is 23.5 Å². The molecule has 22 heavy (non-hydrogen) atoms. The number of hydrogen-bond acceptors (Lipinski definition) is 2. The fourth-order valence-corrected chi connectivity index (χ4v) is 2.66. The molecule has 2 aromatic rings. The van der Waals surface area contributed by atoms with Crippen LogP contribution in [0.3, 0.4) is 0 Å². The molecule has 5 heteroatoms. The first-order valence-corrected chi connectivity index (χ1v) is 7.12. The third kappa shape index (κ3) is 3.86. The summed E-state index contributed by atoms with van der Waals surface area (Å²) in [5.74, 6) is -3.69. The van der Waals surface area contributed by atoms with Crippen LogP contribution in [0.2, 0.25) is 5.02 Å². The standard InChI is InChI=1S/C17H15ClO4/c18-13-8-6-11(7-9-13)14(10-15(19)20)16(17(21)22)12-4-2-1-3-5-12/h1-9,14,16H,10H2,(H,19,20)(H,21,22). The number of carbonyl (C=O) groups is 2. The molecule has 0 aliphatic heterocycles. The van der Waals surface area contributed by atoms with Gasteiger partial charge in [-0.2, -0.15) is 0 Å². The van der Waals surface area contributed by atoms with Crippen LogP contribution in [-0.4, -0.2) is 22.2 Å². The van der Waals surface area contributed by atoms with E-state index in [9.17, 15) is 14.7 Å². The van der Waals surface area contributed by atoms with Crippen LogP contribution in [0.25, 0.3) is 0 Å². The third-order valence-electron chi connectivity index (χ3n) is 3.52. The lowest BCUT2D eigenvalue weighted by Gasteiger charge is -2.23. The van der Waals surface area contributed by atoms with Gasteiger partial charge in [0.15, 0.2) is 0 Å². The van der Waals surface area contributed by atoms with Gasteiger partial charge in [0.05, 0.1) is 12.3 Å². The second-order valence-electron chi connectivity index (χ2n) is 4.98. The Bertz CT molecular complexity index is 652. The van der Waals surface area contributed by atoms with Crippen LogP contribution < -0.4 is 0 Å². The highest BCUT2D eigenvalue weighted by atomic mass is 35.5. The van der Waals surface area contributed by atoms with Crippen molar-refractivity contribution in [3.63, 3.8) is 0 Å². The minimum absolute atomic E-state index is 0.270. The highest BCUT2D eigenvalue weighted by Crippen LogP contribution is 2.36. The Morgan fingerprint density at radius 2 is 1.50 bits per heavy atom. The van der Waals surface area contributed by atoms with Gasteiger partial charge in [-0.1, -0.05) is 54.1 Å². The summed E-state index contributed by atoms with van der Waals surface area (Å²) >= 11 is 5.85. The maximum Gasteiger partial charge on any atom is 0.311 e. The summed E-state index contributed by atoms with van der Waals surface area (Å²) in [4.78, 5) is 22.9. The van der Waals surface area contributed by atoms with Gasteiger partial charge in [0.1, 0.15) is 0 Å². The summed E-state index contributed by atoms with van der Waals surface area (Å²) in [5.41, 5.74) is 1.22. The van der Waals surface area contributed by atoms with E-state index in [-0.39, 0.29) is 6.42 Å². The molecule has 114 valence electrons. The Kier molecular flexibility index (Phi) is 5.17. The molecule has 0 saturated carbocycles. The van der Waals surface area contributed by atoms with E-state index in [1.165, 1.54) is 0 Å². The van der Waals surface area contributed by atoms with Crippen molar-refractivity contribution in [2.24, 2.45) is 0 Å². The molecule has 2 N–H and O–H groups in total. The second kappa shape index (κ2) is 7.09. The van der Waals surface area contributed by atoms with Crippen molar-refractivity contribution in [1.29, 1.82) is 0 Å². The maximum absolute atomic E-state index is 11.7. The van der Waals surface area contributed by atoms with Gasteiger partial charge in [-0.25, -0.2) is 0 Å². The predicted molar refractivity (Wildman–Crippen MR) is 83.3 cm³/mol. The molecule has 0 radical (unpaired) electrons. The largest absolute Gasteiger partial charge is 0.481 e. The number of rotatable bonds is 6. The van der Waals surface area contributed by atoms with Crippen LogP contribution in [0.15, 0.2) is 54.6 Å². The van der Waals surface area contributed by atoms with E-state index in [1.54, 1.807) is 54.6 Å². The van der Waals surface area contributed by atoms with Crippen molar-refractivity contribution in [3.8, 4) is 0 Å². The van der Waals surface area contributed by atoms with E-state index < -0.39 is 23.8 Å². The van der Waals surface area contributed by atoms with Gasteiger partial charge in [-0.15, -0.1) is 0 Å². The van der Waals surface area contributed by atoms with Gasteiger partial charge in [-0.05, 0) is 23.3 Å². The molecule has 0 spiro atoms. The first kappa shape index (κ1) is 16.0. The molecular weight excluding hydrogens is 304 g/mol.